The highest BCUT2D eigenvalue weighted by Gasteiger charge is 2.22. The maximum absolute atomic E-state index is 12.9. The SMILES string of the molecule is CC/C=C\C/C=C\C/C=C\C/C=C\C/C=C\C/C=C\C/C=C\C/C=C\C/C=C\C/C=C\CCCCCCC(=O)OC(COC(=O)CCCCCCCCCCCCCCCCCCCC/C=C\C/C=C\C/C=C\C/C=C\CC)COP(=O)([O-])OCC[N+](C)(C)C. The second kappa shape index (κ2) is 68.7. The van der Waals surface area contributed by atoms with E-state index in [4.69, 9.17) is 18.5 Å². The number of rotatable bonds is 64. The molecule has 0 aromatic carbocycles. The van der Waals surface area contributed by atoms with Gasteiger partial charge in [0.2, 0.25) is 0 Å². The van der Waals surface area contributed by atoms with Crippen LogP contribution in [0.1, 0.15) is 271 Å². The van der Waals surface area contributed by atoms with Crippen molar-refractivity contribution in [2.75, 3.05) is 47.5 Å². The number of nitrogens with zero attached hydrogens (tertiary/aromatic N) is 1. The van der Waals surface area contributed by atoms with Crippen molar-refractivity contribution in [2.45, 2.75) is 277 Å². The van der Waals surface area contributed by atoms with Gasteiger partial charge in [-0.3, -0.25) is 14.2 Å². The molecule has 0 fully saturated rings. The van der Waals surface area contributed by atoms with E-state index in [2.05, 4.69) is 184 Å². The Bertz CT molecular complexity index is 2130. The minimum Gasteiger partial charge on any atom is -0.756 e. The smallest absolute Gasteiger partial charge is 0.306 e. The van der Waals surface area contributed by atoms with E-state index < -0.39 is 32.5 Å². The molecule has 0 amide bonds. The summed E-state index contributed by atoms with van der Waals surface area (Å²) in [5.74, 6) is -0.868. The summed E-state index contributed by atoms with van der Waals surface area (Å²) in [5, 5.41) is 0. The second-order valence-electron chi connectivity index (χ2n) is 24.5. The molecule has 9 nitrogen and oxygen atoms in total. The van der Waals surface area contributed by atoms with Gasteiger partial charge < -0.3 is 27.9 Å². The van der Waals surface area contributed by atoms with Gasteiger partial charge in [0.25, 0.3) is 7.82 Å². The molecule has 2 atom stereocenters. The molecular weight excluding hydrogens is 1130 g/mol. The Morgan fingerprint density at radius 2 is 0.600 bits per heavy atom. The van der Waals surface area contributed by atoms with Gasteiger partial charge in [-0.2, -0.15) is 0 Å². The summed E-state index contributed by atoms with van der Waals surface area (Å²) in [6, 6.07) is 0. The Labute approximate surface area is 553 Å². The lowest BCUT2D eigenvalue weighted by Crippen LogP contribution is -2.37. The molecule has 90 heavy (non-hydrogen) atoms. The van der Waals surface area contributed by atoms with E-state index in [1.807, 2.05) is 21.1 Å². The first-order valence-electron chi connectivity index (χ1n) is 35.8. The van der Waals surface area contributed by atoms with E-state index in [0.29, 0.717) is 17.4 Å². The van der Waals surface area contributed by atoms with Crippen LogP contribution in [0.15, 0.2) is 170 Å². The molecule has 0 aromatic rings. The van der Waals surface area contributed by atoms with E-state index in [1.54, 1.807) is 0 Å². The van der Waals surface area contributed by atoms with Crippen molar-refractivity contribution in [1.82, 2.24) is 0 Å². The number of carbonyl (C=O) groups is 2. The molecule has 0 aliphatic carbocycles. The molecule has 0 aliphatic rings. The van der Waals surface area contributed by atoms with Gasteiger partial charge in [0.15, 0.2) is 6.10 Å². The van der Waals surface area contributed by atoms with Gasteiger partial charge in [0, 0.05) is 12.8 Å². The summed E-state index contributed by atoms with van der Waals surface area (Å²) in [6.45, 7) is 3.98. The highest BCUT2D eigenvalue weighted by atomic mass is 31.2. The summed E-state index contributed by atoms with van der Waals surface area (Å²) < 4.78 is 34.3. The molecule has 2 unspecified atom stereocenters. The summed E-state index contributed by atoms with van der Waals surface area (Å²) in [7, 11) is 1.13. The number of carbonyl (C=O) groups excluding carboxylic acids is 2. The van der Waals surface area contributed by atoms with Crippen LogP contribution < -0.4 is 4.89 Å². The number of hydrogen-bond acceptors (Lipinski definition) is 8. The van der Waals surface area contributed by atoms with Crippen LogP contribution in [0, 0.1) is 0 Å². The molecule has 0 rings (SSSR count). The zero-order valence-electron chi connectivity index (χ0n) is 58.0. The Kier molecular flexibility index (Phi) is 65.2. The number of allylic oxidation sites excluding steroid dienone is 28. The summed E-state index contributed by atoms with van der Waals surface area (Å²) in [6.07, 6.45) is 104. The van der Waals surface area contributed by atoms with E-state index in [0.717, 1.165) is 135 Å². The quantitative estimate of drug-likeness (QED) is 0.0195. The molecule has 0 aromatic heterocycles. The molecule has 10 heteroatoms. The van der Waals surface area contributed by atoms with Crippen LogP contribution in [0.3, 0.4) is 0 Å². The number of unbranched alkanes of at least 4 members (excludes halogenated alkanes) is 22. The zero-order valence-corrected chi connectivity index (χ0v) is 58.9. The van der Waals surface area contributed by atoms with Gasteiger partial charge in [-0.1, -0.05) is 300 Å². The maximum atomic E-state index is 12.9. The molecule has 0 bridgehead atoms. The monoisotopic (exact) mass is 1270 g/mol. The lowest BCUT2D eigenvalue weighted by molar-refractivity contribution is -0.870. The number of esters is 2. The molecule has 0 aliphatic heterocycles. The summed E-state index contributed by atoms with van der Waals surface area (Å²) >= 11 is 0. The lowest BCUT2D eigenvalue weighted by atomic mass is 10.0. The molecule has 510 valence electrons. The van der Waals surface area contributed by atoms with Gasteiger partial charge in [-0.25, -0.2) is 0 Å². The van der Waals surface area contributed by atoms with Gasteiger partial charge in [-0.05, 0) is 128 Å². The average Bonchev–Trinajstić information content (AvgIpc) is 3.61. The van der Waals surface area contributed by atoms with Crippen LogP contribution in [0.4, 0.5) is 0 Å². The van der Waals surface area contributed by atoms with Crippen LogP contribution in [0.2, 0.25) is 0 Å². The molecule has 0 saturated heterocycles. The molecular formula is C80H132NO8P. The van der Waals surface area contributed by atoms with E-state index in [-0.39, 0.29) is 26.1 Å². The Morgan fingerprint density at radius 3 is 0.889 bits per heavy atom. The van der Waals surface area contributed by atoms with E-state index in [9.17, 15) is 19.0 Å². The van der Waals surface area contributed by atoms with Crippen molar-refractivity contribution in [3.8, 4) is 0 Å². The third-order valence-electron chi connectivity index (χ3n) is 14.7. The highest BCUT2D eigenvalue weighted by molar-refractivity contribution is 7.45. The molecule has 0 heterocycles. The first-order valence-corrected chi connectivity index (χ1v) is 37.3. The van der Waals surface area contributed by atoms with E-state index in [1.165, 1.54) is 103 Å². The van der Waals surface area contributed by atoms with Crippen molar-refractivity contribution >= 4 is 19.8 Å². The minimum absolute atomic E-state index is 0.0442. The van der Waals surface area contributed by atoms with Gasteiger partial charge in [-0.15, -0.1) is 0 Å². The first-order chi connectivity index (χ1) is 44.0. The molecule has 0 spiro atoms. The summed E-state index contributed by atoms with van der Waals surface area (Å²) in [4.78, 5) is 38.1. The largest absolute Gasteiger partial charge is 0.756 e. The maximum Gasteiger partial charge on any atom is 0.306 e. The van der Waals surface area contributed by atoms with Crippen LogP contribution in [-0.4, -0.2) is 70.0 Å². The third-order valence-corrected chi connectivity index (χ3v) is 15.7. The number of phosphoric acid groups is 1. The normalized spacial score (nSPS) is 14.2. The fourth-order valence-electron chi connectivity index (χ4n) is 9.32. The van der Waals surface area contributed by atoms with Crippen molar-refractivity contribution in [3.63, 3.8) is 0 Å². The predicted molar refractivity (Wildman–Crippen MR) is 387 cm³/mol. The predicted octanol–water partition coefficient (Wildman–Crippen LogP) is 23.1. The Morgan fingerprint density at radius 1 is 0.344 bits per heavy atom. The number of ether oxygens (including phenoxy) is 2. The second-order valence-corrected chi connectivity index (χ2v) is 25.9. The Balaban J connectivity index is 4.15. The number of phosphoric ester groups is 1. The van der Waals surface area contributed by atoms with Crippen molar-refractivity contribution in [1.29, 1.82) is 0 Å². The molecule has 0 radical (unpaired) electrons. The van der Waals surface area contributed by atoms with Crippen LogP contribution >= 0.6 is 7.82 Å². The fourth-order valence-corrected chi connectivity index (χ4v) is 10.1. The number of likely N-dealkylation sites (N-methyl/N-ethyl adjacent to an activating group) is 1. The van der Waals surface area contributed by atoms with Crippen molar-refractivity contribution < 1.29 is 42.1 Å². The highest BCUT2D eigenvalue weighted by Crippen LogP contribution is 2.38. The van der Waals surface area contributed by atoms with Crippen LogP contribution in [0.5, 0.6) is 0 Å². The number of hydrogen-bond donors (Lipinski definition) is 0. The first kappa shape index (κ1) is 85.4. The van der Waals surface area contributed by atoms with Crippen molar-refractivity contribution in [3.05, 3.63) is 170 Å². The van der Waals surface area contributed by atoms with E-state index >= 15 is 0 Å². The van der Waals surface area contributed by atoms with Crippen LogP contribution in [0.25, 0.3) is 0 Å². The molecule has 0 N–H and O–H groups in total. The van der Waals surface area contributed by atoms with Gasteiger partial charge >= 0.3 is 11.9 Å². The topological polar surface area (TPSA) is 111 Å². The number of quaternary nitrogens is 1. The third kappa shape index (κ3) is 72.4. The van der Waals surface area contributed by atoms with Gasteiger partial charge in [0.1, 0.15) is 19.8 Å². The lowest BCUT2D eigenvalue weighted by Gasteiger charge is -2.28. The minimum atomic E-state index is -4.66. The molecule has 0 saturated carbocycles. The fraction of sp³-hybridized carbons (Fsp3) is 0.625. The van der Waals surface area contributed by atoms with Crippen LogP contribution in [-0.2, 0) is 32.7 Å². The van der Waals surface area contributed by atoms with Crippen molar-refractivity contribution in [2.24, 2.45) is 0 Å². The summed E-state index contributed by atoms with van der Waals surface area (Å²) in [5.41, 5.74) is 0. The Hall–Kier alpha value is -4.63. The van der Waals surface area contributed by atoms with Gasteiger partial charge in [0.05, 0.1) is 27.7 Å². The standard InChI is InChI=1S/C80H132NO8P/c1-6-8-10-12-14-16-18-20-22-24-26-28-30-32-34-36-38-39-40-41-43-45-47-49-51-53-55-57-59-61-63-65-67-69-71-73-80(83)89-78(77-88-90(84,85)87-75-74-81(3,4)5)76-86-79(82)72-70-68-66-64-62-60-58-56-54-52-50-48-46-44-42-37-35-33-31-29-27-25-23-21-19-17-15-13-11-9-7-2/h8-11,14-17,20-23,26-29,32,34,38-39,41,43,47,49,53,55,59,61,78H,6-7,12-13,18-19,24-25,30-31,33,35-37,40,42,44-46,48,50-52,54,56-58,60,62-77H2,1-5H3/b10-8-,11-9-,16-14-,17-15-,22-20-,23-21-,28-26-,29-27-,34-32-,39-38-,43-41-,49-47-,55-53-,61-59-. The zero-order chi connectivity index (χ0) is 65.5. The average molecular weight is 1270 g/mol.